The highest BCUT2D eigenvalue weighted by Gasteiger charge is 2.28. The third-order valence-electron chi connectivity index (χ3n) is 5.70. The van der Waals surface area contributed by atoms with Gasteiger partial charge in [0, 0.05) is 19.4 Å². The molecule has 3 heterocycles. The Labute approximate surface area is 196 Å². The molecular formula is C23H27N5O6. The van der Waals surface area contributed by atoms with Gasteiger partial charge in [-0.15, -0.1) is 10.2 Å². The van der Waals surface area contributed by atoms with E-state index >= 15 is 0 Å². The highest BCUT2D eigenvalue weighted by molar-refractivity contribution is 5.77. The third-order valence-corrected chi connectivity index (χ3v) is 5.70. The van der Waals surface area contributed by atoms with Crippen LogP contribution in [0.1, 0.15) is 44.3 Å². The minimum Gasteiger partial charge on any atom is -0.494 e. The van der Waals surface area contributed by atoms with Crippen molar-refractivity contribution in [2.45, 2.75) is 45.6 Å². The highest BCUT2D eigenvalue weighted by Crippen LogP contribution is 2.38. The van der Waals surface area contributed by atoms with Gasteiger partial charge in [-0.3, -0.25) is 14.2 Å². The summed E-state index contributed by atoms with van der Waals surface area (Å²) in [6, 6.07) is 5.19. The Hall–Kier alpha value is -3.89. The zero-order chi connectivity index (χ0) is 24.2. The number of methoxy groups -OCH3 is 2. The van der Waals surface area contributed by atoms with Crippen LogP contribution in [0, 0.1) is 0 Å². The monoisotopic (exact) mass is 469 g/mol. The number of amides is 1. The van der Waals surface area contributed by atoms with Gasteiger partial charge in [0.15, 0.2) is 5.56 Å². The van der Waals surface area contributed by atoms with E-state index in [0.29, 0.717) is 42.4 Å². The minimum absolute atomic E-state index is 0.00941. The summed E-state index contributed by atoms with van der Waals surface area (Å²) in [6.45, 7) is 2.77. The van der Waals surface area contributed by atoms with E-state index in [1.54, 1.807) is 23.1 Å². The molecule has 0 saturated carbocycles. The van der Waals surface area contributed by atoms with Crippen molar-refractivity contribution in [1.82, 2.24) is 24.6 Å². The number of carbonyl (C=O) groups excluding carboxylic acids is 1. The molecule has 180 valence electrons. The maximum Gasteiger partial charge on any atom is 0.289 e. The number of ether oxygens (including phenoxy) is 2. The van der Waals surface area contributed by atoms with E-state index < -0.39 is 11.4 Å². The fraction of sp³-hybridized carbons (Fsp3) is 0.435. The summed E-state index contributed by atoms with van der Waals surface area (Å²) in [5.74, 6) is 0.766. The summed E-state index contributed by atoms with van der Waals surface area (Å²) in [5.41, 5.74) is -0.534. The molecular weight excluding hydrogens is 442 g/mol. The van der Waals surface area contributed by atoms with E-state index in [1.807, 2.05) is 6.92 Å². The molecule has 0 aliphatic carbocycles. The van der Waals surface area contributed by atoms with Gasteiger partial charge in [-0.05, 0) is 25.0 Å². The van der Waals surface area contributed by atoms with Crippen LogP contribution in [0.25, 0.3) is 17.1 Å². The van der Waals surface area contributed by atoms with Crippen LogP contribution < -0.4 is 15.0 Å². The summed E-state index contributed by atoms with van der Waals surface area (Å²) in [6.07, 6.45) is 3.31. The Morgan fingerprint density at radius 3 is 2.50 bits per heavy atom. The number of likely N-dealkylation sites (tertiary alicyclic amines) is 1. The Kier molecular flexibility index (Phi) is 6.80. The second-order valence-electron chi connectivity index (χ2n) is 7.90. The van der Waals surface area contributed by atoms with Crippen LogP contribution >= 0.6 is 0 Å². The molecule has 0 radical (unpaired) electrons. The van der Waals surface area contributed by atoms with Crippen molar-refractivity contribution in [2.75, 3.05) is 20.8 Å². The number of rotatable bonds is 9. The predicted molar refractivity (Wildman–Crippen MR) is 121 cm³/mol. The van der Waals surface area contributed by atoms with E-state index in [4.69, 9.17) is 13.9 Å². The number of unbranched alkanes of at least 4 members (excludes halogenated alkanes) is 1. The van der Waals surface area contributed by atoms with E-state index in [-0.39, 0.29) is 29.8 Å². The van der Waals surface area contributed by atoms with Gasteiger partial charge in [0.05, 0.1) is 20.8 Å². The van der Waals surface area contributed by atoms with Crippen molar-refractivity contribution in [3.8, 4) is 34.5 Å². The van der Waals surface area contributed by atoms with Crippen LogP contribution in [0.2, 0.25) is 0 Å². The Morgan fingerprint density at radius 2 is 1.88 bits per heavy atom. The normalized spacial score (nSPS) is 13.5. The quantitative estimate of drug-likeness (QED) is 0.502. The molecule has 1 aliphatic rings. The topological polar surface area (TPSA) is 133 Å². The molecule has 0 unspecified atom stereocenters. The molecule has 1 N–H and O–H groups in total. The van der Waals surface area contributed by atoms with E-state index in [1.165, 1.54) is 18.8 Å². The molecule has 34 heavy (non-hydrogen) atoms. The Bertz CT molecular complexity index is 1230. The molecule has 1 aromatic carbocycles. The second-order valence-corrected chi connectivity index (χ2v) is 7.90. The van der Waals surface area contributed by atoms with Crippen LogP contribution in [0.15, 0.2) is 27.4 Å². The first kappa shape index (κ1) is 23.3. The van der Waals surface area contributed by atoms with Gasteiger partial charge < -0.3 is 23.9 Å². The molecule has 1 amide bonds. The molecule has 0 atom stereocenters. The zero-order valence-corrected chi connectivity index (χ0v) is 19.4. The van der Waals surface area contributed by atoms with Crippen LogP contribution in [-0.4, -0.2) is 56.4 Å². The van der Waals surface area contributed by atoms with Crippen molar-refractivity contribution >= 4 is 5.91 Å². The standard InChI is InChI=1S/C23H27N5O6/c1-4-5-10-16-24-21(30)19(22-26-25-17(34-22)13-27-12-7-11-18(27)29)23(31)28(16)20-14(32-2)8-6-9-15(20)33-3/h6,8-9,31H,4-5,7,10-13H2,1-3H3. The Morgan fingerprint density at radius 1 is 1.15 bits per heavy atom. The van der Waals surface area contributed by atoms with Gasteiger partial charge in [0.2, 0.25) is 17.7 Å². The van der Waals surface area contributed by atoms with Gasteiger partial charge in [-0.2, -0.15) is 4.98 Å². The Balaban J connectivity index is 1.85. The van der Waals surface area contributed by atoms with Crippen molar-refractivity contribution in [1.29, 1.82) is 0 Å². The molecule has 1 saturated heterocycles. The molecule has 0 bridgehead atoms. The lowest BCUT2D eigenvalue weighted by atomic mass is 10.2. The average molecular weight is 469 g/mol. The number of aromatic nitrogens is 4. The number of benzene rings is 1. The minimum atomic E-state index is -0.693. The van der Waals surface area contributed by atoms with Crippen LogP contribution in [-0.2, 0) is 17.8 Å². The summed E-state index contributed by atoms with van der Waals surface area (Å²) in [5, 5.41) is 19.3. The molecule has 4 rings (SSSR count). The highest BCUT2D eigenvalue weighted by atomic mass is 16.5. The number of aryl methyl sites for hydroxylation is 1. The third kappa shape index (κ3) is 4.33. The van der Waals surface area contributed by atoms with Crippen LogP contribution in [0.4, 0.5) is 0 Å². The maximum atomic E-state index is 13.0. The molecule has 1 fully saturated rings. The fourth-order valence-electron chi connectivity index (χ4n) is 3.98. The largest absolute Gasteiger partial charge is 0.494 e. The van der Waals surface area contributed by atoms with Gasteiger partial charge >= 0.3 is 0 Å². The number of nitrogens with zero attached hydrogens (tertiary/aromatic N) is 5. The van der Waals surface area contributed by atoms with Gasteiger partial charge in [-0.25, -0.2) is 0 Å². The number of aromatic hydroxyl groups is 1. The SMILES string of the molecule is CCCCc1nc(=O)c(-c2nnc(CN3CCCC3=O)o2)c(O)n1-c1c(OC)cccc1OC. The molecule has 2 aromatic heterocycles. The lowest BCUT2D eigenvalue weighted by Gasteiger charge is -2.20. The van der Waals surface area contributed by atoms with E-state index in [2.05, 4.69) is 15.2 Å². The first-order valence-electron chi connectivity index (χ1n) is 11.1. The van der Waals surface area contributed by atoms with Gasteiger partial charge in [0.25, 0.3) is 11.4 Å². The van der Waals surface area contributed by atoms with Crippen molar-refractivity contribution < 1.29 is 23.8 Å². The first-order valence-corrected chi connectivity index (χ1v) is 11.1. The van der Waals surface area contributed by atoms with Crippen LogP contribution in [0.3, 0.4) is 0 Å². The maximum absolute atomic E-state index is 13.0. The summed E-state index contributed by atoms with van der Waals surface area (Å²) >= 11 is 0. The number of para-hydroxylation sites is 1. The van der Waals surface area contributed by atoms with E-state index in [9.17, 15) is 14.7 Å². The van der Waals surface area contributed by atoms with Gasteiger partial charge in [-0.1, -0.05) is 19.4 Å². The lowest BCUT2D eigenvalue weighted by molar-refractivity contribution is -0.128. The molecule has 11 nitrogen and oxygen atoms in total. The van der Waals surface area contributed by atoms with Crippen molar-refractivity contribution in [2.24, 2.45) is 0 Å². The number of hydrogen-bond donors (Lipinski definition) is 1. The second kappa shape index (κ2) is 9.94. The molecule has 3 aromatic rings. The number of hydrogen-bond acceptors (Lipinski definition) is 9. The summed E-state index contributed by atoms with van der Waals surface area (Å²) in [7, 11) is 3.00. The van der Waals surface area contributed by atoms with E-state index in [0.717, 1.165) is 19.3 Å². The fourth-order valence-corrected chi connectivity index (χ4v) is 3.98. The molecule has 1 aliphatic heterocycles. The predicted octanol–water partition coefficient (Wildman–Crippen LogP) is 2.47. The van der Waals surface area contributed by atoms with Crippen LogP contribution in [0.5, 0.6) is 17.4 Å². The molecule has 0 spiro atoms. The van der Waals surface area contributed by atoms with Gasteiger partial charge in [0.1, 0.15) is 23.0 Å². The first-order chi connectivity index (χ1) is 16.5. The lowest BCUT2D eigenvalue weighted by Crippen LogP contribution is -2.23. The van der Waals surface area contributed by atoms with Crippen molar-refractivity contribution in [3.63, 3.8) is 0 Å². The summed E-state index contributed by atoms with van der Waals surface area (Å²) in [4.78, 5) is 30.8. The zero-order valence-electron chi connectivity index (χ0n) is 19.4. The average Bonchev–Trinajstić information content (AvgIpc) is 3.46. The smallest absolute Gasteiger partial charge is 0.289 e. The summed E-state index contributed by atoms with van der Waals surface area (Å²) < 4.78 is 18.1. The van der Waals surface area contributed by atoms with Crippen molar-refractivity contribution in [3.05, 3.63) is 40.3 Å². The molecule has 11 heteroatoms. The number of carbonyl (C=O) groups is 1.